The number of likely N-dealkylation sites (N-methyl/N-ethyl adjacent to an activating group) is 1. The minimum Gasteiger partial charge on any atom is -0.354 e. The molecule has 0 aliphatic carbocycles. The summed E-state index contributed by atoms with van der Waals surface area (Å²) in [5, 5.41) is 3.70. The van der Waals surface area contributed by atoms with Gasteiger partial charge in [-0.15, -0.1) is 0 Å². The minimum atomic E-state index is -0.248. The zero-order valence-electron chi connectivity index (χ0n) is 15.5. The Morgan fingerprint density at radius 1 is 1.07 bits per heavy atom. The van der Waals surface area contributed by atoms with Crippen molar-refractivity contribution >= 4 is 17.5 Å². The van der Waals surface area contributed by atoms with Crippen LogP contribution >= 0.6 is 11.6 Å². The molecule has 144 valence electrons. The first kappa shape index (κ1) is 19.8. The Bertz CT molecular complexity index is 743. The summed E-state index contributed by atoms with van der Waals surface area (Å²) in [6.45, 7) is 4.31. The van der Waals surface area contributed by atoms with Crippen LogP contribution in [0.1, 0.15) is 17.2 Å². The molecule has 0 unspecified atom stereocenters. The molecule has 1 amide bonds. The molecule has 1 N–H and O–H groups in total. The third kappa shape index (κ3) is 5.76. The molecule has 2 aromatic rings. The van der Waals surface area contributed by atoms with E-state index in [1.807, 2.05) is 24.3 Å². The maximum Gasteiger partial charge on any atom is 0.224 e. The molecule has 1 aliphatic rings. The molecule has 1 aliphatic heterocycles. The van der Waals surface area contributed by atoms with Gasteiger partial charge in [-0.1, -0.05) is 35.9 Å². The first-order valence-corrected chi connectivity index (χ1v) is 9.58. The third-order valence-corrected chi connectivity index (χ3v) is 5.26. The van der Waals surface area contributed by atoms with Crippen molar-refractivity contribution in [2.24, 2.45) is 0 Å². The molecule has 0 radical (unpaired) electrons. The van der Waals surface area contributed by atoms with Gasteiger partial charge in [-0.3, -0.25) is 9.69 Å². The topological polar surface area (TPSA) is 35.6 Å². The number of amides is 1. The summed E-state index contributed by atoms with van der Waals surface area (Å²) >= 11 is 5.89. The predicted octanol–water partition coefficient (Wildman–Crippen LogP) is 3.13. The van der Waals surface area contributed by atoms with Gasteiger partial charge in [-0.25, -0.2) is 4.39 Å². The number of rotatable bonds is 6. The number of nitrogens with one attached hydrogen (secondary N) is 1. The van der Waals surface area contributed by atoms with Crippen LogP contribution in [0.3, 0.4) is 0 Å². The molecule has 4 nitrogen and oxygen atoms in total. The van der Waals surface area contributed by atoms with E-state index in [0.717, 1.165) is 37.3 Å². The number of halogens is 2. The zero-order valence-corrected chi connectivity index (χ0v) is 16.3. The highest BCUT2D eigenvalue weighted by molar-refractivity contribution is 6.30. The second-order valence-corrected chi connectivity index (χ2v) is 7.45. The number of benzene rings is 2. The number of piperazine rings is 1. The molecule has 0 aromatic heterocycles. The van der Waals surface area contributed by atoms with E-state index in [0.29, 0.717) is 18.0 Å². The van der Waals surface area contributed by atoms with E-state index < -0.39 is 0 Å². The monoisotopic (exact) mass is 389 g/mol. The van der Waals surface area contributed by atoms with Crippen molar-refractivity contribution in [3.63, 3.8) is 0 Å². The van der Waals surface area contributed by atoms with Crippen molar-refractivity contribution in [2.75, 3.05) is 39.8 Å². The lowest BCUT2D eigenvalue weighted by Gasteiger charge is -2.38. The van der Waals surface area contributed by atoms with E-state index in [-0.39, 0.29) is 17.8 Å². The van der Waals surface area contributed by atoms with E-state index in [2.05, 4.69) is 22.2 Å². The van der Waals surface area contributed by atoms with Crippen molar-refractivity contribution in [1.29, 1.82) is 0 Å². The molecule has 6 heteroatoms. The van der Waals surface area contributed by atoms with Crippen LogP contribution in [-0.4, -0.2) is 55.5 Å². The molecule has 0 spiro atoms. The minimum absolute atomic E-state index is 0.0291. The molecule has 1 atom stereocenters. The van der Waals surface area contributed by atoms with Crippen molar-refractivity contribution < 1.29 is 9.18 Å². The number of hydrogen-bond acceptors (Lipinski definition) is 3. The van der Waals surface area contributed by atoms with Crippen molar-refractivity contribution in [1.82, 2.24) is 15.1 Å². The first-order valence-electron chi connectivity index (χ1n) is 9.20. The standard InChI is InChI=1S/C21H25ClFN3O/c1-25-10-12-26(13-11-25)20(17-4-8-19(23)9-5-17)15-24-21(27)14-16-2-6-18(22)7-3-16/h2-9,20H,10-15H2,1H3,(H,24,27)/t20-/m1/s1. The van der Waals surface area contributed by atoms with Crippen LogP contribution in [0.15, 0.2) is 48.5 Å². The average molecular weight is 390 g/mol. The average Bonchev–Trinajstić information content (AvgIpc) is 2.66. The van der Waals surface area contributed by atoms with Crippen LogP contribution in [0.5, 0.6) is 0 Å². The summed E-state index contributed by atoms with van der Waals surface area (Å²) < 4.78 is 13.3. The van der Waals surface area contributed by atoms with Crippen molar-refractivity contribution in [3.8, 4) is 0 Å². The van der Waals surface area contributed by atoms with Gasteiger partial charge < -0.3 is 10.2 Å². The molecule has 0 saturated carbocycles. The largest absolute Gasteiger partial charge is 0.354 e. The summed E-state index contributed by atoms with van der Waals surface area (Å²) in [6.07, 6.45) is 0.316. The quantitative estimate of drug-likeness (QED) is 0.824. The van der Waals surface area contributed by atoms with Gasteiger partial charge in [0.2, 0.25) is 5.91 Å². The lowest BCUT2D eigenvalue weighted by Crippen LogP contribution is -2.48. The Hall–Kier alpha value is -1.95. The lowest BCUT2D eigenvalue weighted by molar-refractivity contribution is -0.120. The van der Waals surface area contributed by atoms with Crippen LogP contribution in [0.4, 0.5) is 4.39 Å². The van der Waals surface area contributed by atoms with Gasteiger partial charge in [0.25, 0.3) is 0 Å². The highest BCUT2D eigenvalue weighted by Gasteiger charge is 2.24. The Morgan fingerprint density at radius 3 is 2.33 bits per heavy atom. The summed E-state index contributed by atoms with van der Waals surface area (Å²) in [4.78, 5) is 17.0. The molecular weight excluding hydrogens is 365 g/mol. The van der Waals surface area contributed by atoms with Gasteiger partial charge in [-0.2, -0.15) is 0 Å². The number of carbonyl (C=O) groups is 1. The Morgan fingerprint density at radius 2 is 1.70 bits per heavy atom. The van der Waals surface area contributed by atoms with E-state index in [1.54, 1.807) is 12.1 Å². The maximum atomic E-state index is 13.3. The second kappa shape index (κ2) is 9.31. The predicted molar refractivity (Wildman–Crippen MR) is 106 cm³/mol. The van der Waals surface area contributed by atoms with E-state index in [1.165, 1.54) is 12.1 Å². The fraction of sp³-hybridized carbons (Fsp3) is 0.381. The van der Waals surface area contributed by atoms with E-state index >= 15 is 0 Å². The molecule has 1 saturated heterocycles. The summed E-state index contributed by atoms with van der Waals surface area (Å²) in [5.41, 5.74) is 1.95. The molecule has 27 heavy (non-hydrogen) atoms. The number of nitrogens with zero attached hydrogens (tertiary/aromatic N) is 2. The smallest absolute Gasteiger partial charge is 0.224 e. The van der Waals surface area contributed by atoms with Crippen LogP contribution < -0.4 is 5.32 Å². The summed E-state index contributed by atoms with van der Waals surface area (Å²) in [6, 6.07) is 13.9. The highest BCUT2D eigenvalue weighted by atomic mass is 35.5. The van der Waals surface area contributed by atoms with E-state index in [4.69, 9.17) is 11.6 Å². The normalized spacial score (nSPS) is 16.9. The Kier molecular flexibility index (Phi) is 6.83. The first-order chi connectivity index (χ1) is 13.0. The Labute approximate surface area is 164 Å². The van der Waals surface area contributed by atoms with Crippen LogP contribution in [0.2, 0.25) is 5.02 Å². The fourth-order valence-electron chi connectivity index (χ4n) is 3.34. The maximum absolute atomic E-state index is 13.3. The molecular formula is C21H25ClFN3O. The summed E-state index contributed by atoms with van der Waals surface area (Å²) in [7, 11) is 2.11. The molecule has 2 aromatic carbocycles. The zero-order chi connectivity index (χ0) is 19.2. The number of carbonyl (C=O) groups excluding carboxylic acids is 1. The Balaban J connectivity index is 1.64. The lowest BCUT2D eigenvalue weighted by atomic mass is 10.0. The van der Waals surface area contributed by atoms with Crippen LogP contribution in [0.25, 0.3) is 0 Å². The molecule has 1 heterocycles. The third-order valence-electron chi connectivity index (χ3n) is 5.00. The van der Waals surface area contributed by atoms with E-state index in [9.17, 15) is 9.18 Å². The van der Waals surface area contributed by atoms with Crippen molar-refractivity contribution in [3.05, 3.63) is 70.5 Å². The molecule has 0 bridgehead atoms. The van der Waals surface area contributed by atoms with Gasteiger partial charge in [0.05, 0.1) is 12.5 Å². The molecule has 1 fully saturated rings. The van der Waals surface area contributed by atoms with Gasteiger partial charge in [-0.05, 0) is 42.4 Å². The van der Waals surface area contributed by atoms with Gasteiger partial charge in [0, 0.05) is 37.7 Å². The molecule has 3 rings (SSSR count). The SMILES string of the molecule is CN1CCN([C@H](CNC(=O)Cc2ccc(Cl)cc2)c2ccc(F)cc2)CC1. The highest BCUT2D eigenvalue weighted by Crippen LogP contribution is 2.22. The van der Waals surface area contributed by atoms with Crippen LogP contribution in [-0.2, 0) is 11.2 Å². The van der Waals surface area contributed by atoms with Crippen molar-refractivity contribution in [2.45, 2.75) is 12.5 Å². The van der Waals surface area contributed by atoms with Gasteiger partial charge in [0.15, 0.2) is 0 Å². The van der Waals surface area contributed by atoms with Crippen LogP contribution in [0, 0.1) is 5.82 Å². The fourth-order valence-corrected chi connectivity index (χ4v) is 3.46. The summed E-state index contributed by atoms with van der Waals surface area (Å²) in [5.74, 6) is -0.277. The second-order valence-electron chi connectivity index (χ2n) is 7.01. The van der Waals surface area contributed by atoms with Gasteiger partial charge in [0.1, 0.15) is 5.82 Å². The van der Waals surface area contributed by atoms with Gasteiger partial charge >= 0.3 is 0 Å². The number of hydrogen-bond donors (Lipinski definition) is 1.